The Kier molecular flexibility index (Phi) is 5.26. The lowest BCUT2D eigenvalue weighted by Gasteiger charge is -2.22. The fraction of sp³-hybridized carbons (Fsp3) is 0.391. The molecular formula is C23H24N4O5. The smallest absolute Gasteiger partial charge is 0.289 e. The number of likely N-dealkylation sites (tertiary alicyclic amines) is 2. The fourth-order valence-corrected chi connectivity index (χ4v) is 4.72. The molecule has 0 N–H and O–H groups in total. The molecule has 0 radical (unpaired) electrons. The number of ether oxygens (including phenoxy) is 1. The molecule has 0 bridgehead atoms. The van der Waals surface area contributed by atoms with E-state index in [0.29, 0.717) is 56.0 Å². The van der Waals surface area contributed by atoms with Crippen molar-refractivity contribution in [3.05, 3.63) is 64.3 Å². The van der Waals surface area contributed by atoms with Gasteiger partial charge in [-0.1, -0.05) is 12.1 Å². The highest BCUT2D eigenvalue weighted by Gasteiger charge is 2.44. The van der Waals surface area contributed by atoms with Gasteiger partial charge >= 0.3 is 0 Å². The maximum atomic E-state index is 13.0. The van der Waals surface area contributed by atoms with E-state index in [0.717, 1.165) is 0 Å². The minimum absolute atomic E-state index is 0.0496. The van der Waals surface area contributed by atoms with Crippen molar-refractivity contribution in [1.82, 2.24) is 19.6 Å². The summed E-state index contributed by atoms with van der Waals surface area (Å²) in [5.74, 6) is 0.128. The second kappa shape index (κ2) is 8.23. The van der Waals surface area contributed by atoms with Crippen LogP contribution < -0.4 is 5.43 Å². The largest absolute Gasteiger partial charge is 0.451 e. The van der Waals surface area contributed by atoms with Crippen LogP contribution in [0.4, 0.5) is 0 Å². The summed E-state index contributed by atoms with van der Waals surface area (Å²) in [6.07, 6.45) is 1.62. The van der Waals surface area contributed by atoms with Crippen molar-refractivity contribution < 1.29 is 18.7 Å². The fourth-order valence-electron chi connectivity index (χ4n) is 4.72. The number of aromatic nitrogens is 2. The standard InChI is InChI=1S/C23H24N4O5/c1-31-9-8-27-18(6-7-24-27)22(29)25-11-15-13-26(14-16(15)12-25)23(30)21-10-19(28)17-4-2-3-5-20(17)32-21/h2-7,10,15-16H,8-9,11-14H2,1H3. The van der Waals surface area contributed by atoms with Crippen LogP contribution in [0.3, 0.4) is 0 Å². The Morgan fingerprint density at radius 1 is 1.06 bits per heavy atom. The van der Waals surface area contributed by atoms with Gasteiger partial charge in [0.1, 0.15) is 11.3 Å². The van der Waals surface area contributed by atoms with Gasteiger partial charge in [-0.25, -0.2) is 0 Å². The number of fused-ring (bicyclic) bond motifs is 2. The Morgan fingerprint density at radius 3 is 2.47 bits per heavy atom. The van der Waals surface area contributed by atoms with E-state index < -0.39 is 0 Å². The molecule has 5 rings (SSSR count). The van der Waals surface area contributed by atoms with Crippen molar-refractivity contribution in [2.24, 2.45) is 11.8 Å². The Morgan fingerprint density at radius 2 is 1.75 bits per heavy atom. The number of methoxy groups -OCH3 is 1. The highest BCUT2D eigenvalue weighted by Crippen LogP contribution is 2.32. The summed E-state index contributed by atoms with van der Waals surface area (Å²) in [5, 5.41) is 4.68. The van der Waals surface area contributed by atoms with Crippen LogP contribution in [0.1, 0.15) is 21.0 Å². The molecule has 0 spiro atoms. The monoisotopic (exact) mass is 436 g/mol. The molecule has 3 aromatic rings. The molecule has 2 amide bonds. The van der Waals surface area contributed by atoms with Crippen LogP contribution in [0.25, 0.3) is 11.0 Å². The third-order valence-corrected chi connectivity index (χ3v) is 6.35. The molecule has 0 aliphatic carbocycles. The first-order valence-corrected chi connectivity index (χ1v) is 10.7. The first-order chi connectivity index (χ1) is 15.5. The molecule has 2 unspecified atom stereocenters. The minimum Gasteiger partial charge on any atom is -0.451 e. The van der Waals surface area contributed by atoms with Gasteiger partial charge < -0.3 is 19.0 Å². The van der Waals surface area contributed by atoms with Gasteiger partial charge in [0.2, 0.25) is 0 Å². The summed E-state index contributed by atoms with van der Waals surface area (Å²) in [5.41, 5.74) is 0.730. The van der Waals surface area contributed by atoms with Crippen LogP contribution in [0.2, 0.25) is 0 Å². The van der Waals surface area contributed by atoms with Gasteiger partial charge in [-0.05, 0) is 18.2 Å². The average Bonchev–Trinajstić information content (AvgIpc) is 3.51. The van der Waals surface area contributed by atoms with Gasteiger partial charge in [0.05, 0.1) is 18.5 Å². The van der Waals surface area contributed by atoms with Gasteiger partial charge in [-0.15, -0.1) is 0 Å². The van der Waals surface area contributed by atoms with Crippen molar-refractivity contribution in [2.45, 2.75) is 6.54 Å². The van der Waals surface area contributed by atoms with E-state index in [2.05, 4.69) is 5.10 Å². The average molecular weight is 436 g/mol. The van der Waals surface area contributed by atoms with Crippen molar-refractivity contribution in [2.75, 3.05) is 39.9 Å². The normalized spacial score (nSPS) is 20.2. The van der Waals surface area contributed by atoms with E-state index >= 15 is 0 Å². The molecule has 1 aromatic carbocycles. The number of hydrogen-bond acceptors (Lipinski definition) is 6. The van der Waals surface area contributed by atoms with Gasteiger partial charge in [-0.3, -0.25) is 19.1 Å². The number of nitrogens with zero attached hydrogens (tertiary/aromatic N) is 4. The quantitative estimate of drug-likeness (QED) is 0.601. The molecule has 2 aliphatic rings. The molecule has 32 heavy (non-hydrogen) atoms. The first kappa shape index (κ1) is 20.4. The lowest BCUT2D eigenvalue weighted by atomic mass is 10.0. The summed E-state index contributed by atoms with van der Waals surface area (Å²) >= 11 is 0. The van der Waals surface area contributed by atoms with Crippen molar-refractivity contribution in [3.63, 3.8) is 0 Å². The molecule has 9 heteroatoms. The molecule has 0 saturated carbocycles. The Bertz CT molecular complexity index is 1220. The third kappa shape index (κ3) is 3.58. The van der Waals surface area contributed by atoms with Crippen LogP contribution >= 0.6 is 0 Å². The highest BCUT2D eigenvalue weighted by molar-refractivity contribution is 5.94. The lowest BCUT2D eigenvalue weighted by Crippen LogP contribution is -2.36. The van der Waals surface area contributed by atoms with Gasteiger partial charge in [0.25, 0.3) is 11.8 Å². The van der Waals surface area contributed by atoms with E-state index in [1.54, 1.807) is 53.2 Å². The molecule has 2 aliphatic heterocycles. The van der Waals surface area contributed by atoms with Gasteiger partial charge in [0.15, 0.2) is 11.2 Å². The number of carbonyl (C=O) groups excluding carboxylic acids is 2. The van der Waals surface area contributed by atoms with Gasteiger partial charge in [0, 0.05) is 57.4 Å². The third-order valence-electron chi connectivity index (χ3n) is 6.35. The first-order valence-electron chi connectivity index (χ1n) is 10.7. The number of para-hydroxylation sites is 1. The van der Waals surface area contributed by atoms with Crippen LogP contribution in [0, 0.1) is 11.8 Å². The molecular weight excluding hydrogens is 412 g/mol. The molecule has 2 aromatic heterocycles. The molecule has 9 nitrogen and oxygen atoms in total. The van der Waals surface area contributed by atoms with Crippen LogP contribution in [0.15, 0.2) is 51.8 Å². The zero-order chi connectivity index (χ0) is 22.2. The van der Waals surface area contributed by atoms with E-state index in [1.807, 2.05) is 4.90 Å². The number of rotatable bonds is 5. The van der Waals surface area contributed by atoms with Crippen LogP contribution in [-0.4, -0.2) is 71.3 Å². The van der Waals surface area contributed by atoms with Crippen molar-refractivity contribution in [1.29, 1.82) is 0 Å². The predicted octanol–water partition coefficient (Wildman–Crippen LogP) is 1.48. The molecule has 2 atom stereocenters. The van der Waals surface area contributed by atoms with Crippen molar-refractivity contribution in [3.8, 4) is 0 Å². The zero-order valence-corrected chi connectivity index (χ0v) is 17.8. The van der Waals surface area contributed by atoms with E-state index in [9.17, 15) is 14.4 Å². The molecule has 166 valence electrons. The van der Waals surface area contributed by atoms with Crippen LogP contribution in [-0.2, 0) is 11.3 Å². The van der Waals surface area contributed by atoms with Crippen molar-refractivity contribution >= 4 is 22.8 Å². The topological polar surface area (TPSA) is 97.9 Å². The molecule has 4 heterocycles. The number of carbonyl (C=O) groups is 2. The van der Waals surface area contributed by atoms with Gasteiger partial charge in [-0.2, -0.15) is 5.10 Å². The van der Waals surface area contributed by atoms with E-state index in [-0.39, 0.29) is 34.8 Å². The van der Waals surface area contributed by atoms with E-state index in [4.69, 9.17) is 9.15 Å². The summed E-state index contributed by atoms with van der Waals surface area (Å²) in [7, 11) is 1.61. The summed E-state index contributed by atoms with van der Waals surface area (Å²) in [6.45, 7) is 3.24. The van der Waals surface area contributed by atoms with E-state index in [1.165, 1.54) is 6.07 Å². The lowest BCUT2D eigenvalue weighted by molar-refractivity contribution is 0.0713. The second-order valence-corrected chi connectivity index (χ2v) is 8.34. The Balaban J connectivity index is 1.26. The zero-order valence-electron chi connectivity index (χ0n) is 17.8. The predicted molar refractivity (Wildman–Crippen MR) is 115 cm³/mol. The minimum atomic E-state index is -0.280. The molecule has 2 fully saturated rings. The summed E-state index contributed by atoms with van der Waals surface area (Å²) < 4.78 is 12.5. The summed E-state index contributed by atoms with van der Waals surface area (Å²) in [6, 6.07) is 9.90. The maximum Gasteiger partial charge on any atom is 0.289 e. The maximum absolute atomic E-state index is 13.0. The SMILES string of the molecule is COCCn1nccc1C(=O)N1CC2CN(C(=O)c3cc(=O)c4ccccc4o3)CC2C1. The molecule has 2 saturated heterocycles. The highest BCUT2D eigenvalue weighted by atomic mass is 16.5. The Labute approximate surface area is 184 Å². The number of benzene rings is 1. The number of hydrogen-bond donors (Lipinski definition) is 0. The summed E-state index contributed by atoms with van der Waals surface area (Å²) in [4.78, 5) is 41.9. The Hall–Kier alpha value is -3.46. The second-order valence-electron chi connectivity index (χ2n) is 8.34. The van der Waals surface area contributed by atoms with Crippen LogP contribution in [0.5, 0.6) is 0 Å². The number of amides is 2.